The standard InChI is InChI=1S/C26H26N6O2/c1-18-4-3-5-20(14-18)17-28-31-24-16-25(32-10-12-33-13-11-32)30-26(29-24)34-21-6-7-23-22(15-21)19(2)8-9-27-23/h3-9,14-17H,10-13H2,1-2H3,(H,29,30,31). The molecule has 0 unspecified atom stereocenters. The van der Waals surface area contributed by atoms with Crippen LogP contribution in [0.3, 0.4) is 0 Å². The van der Waals surface area contributed by atoms with Crippen molar-refractivity contribution in [2.45, 2.75) is 13.8 Å². The summed E-state index contributed by atoms with van der Waals surface area (Å²) < 4.78 is 11.6. The minimum Gasteiger partial charge on any atom is -0.424 e. The van der Waals surface area contributed by atoms with E-state index in [-0.39, 0.29) is 6.01 Å². The van der Waals surface area contributed by atoms with E-state index in [2.05, 4.69) is 56.4 Å². The molecule has 0 aliphatic carbocycles. The van der Waals surface area contributed by atoms with E-state index in [9.17, 15) is 0 Å². The van der Waals surface area contributed by atoms with Gasteiger partial charge >= 0.3 is 6.01 Å². The molecule has 1 fully saturated rings. The average Bonchev–Trinajstić information content (AvgIpc) is 2.85. The highest BCUT2D eigenvalue weighted by Gasteiger charge is 2.16. The van der Waals surface area contributed by atoms with Crippen molar-refractivity contribution in [3.8, 4) is 11.8 Å². The van der Waals surface area contributed by atoms with E-state index >= 15 is 0 Å². The summed E-state index contributed by atoms with van der Waals surface area (Å²) in [4.78, 5) is 15.8. The lowest BCUT2D eigenvalue weighted by Gasteiger charge is -2.28. The molecule has 4 aromatic rings. The fourth-order valence-corrected chi connectivity index (χ4v) is 3.83. The Morgan fingerprint density at radius 2 is 1.91 bits per heavy atom. The van der Waals surface area contributed by atoms with E-state index < -0.39 is 0 Å². The number of morpholine rings is 1. The first kappa shape index (κ1) is 21.8. The van der Waals surface area contributed by atoms with Gasteiger partial charge in [0.1, 0.15) is 11.6 Å². The smallest absolute Gasteiger partial charge is 0.325 e. The molecule has 1 aliphatic heterocycles. The van der Waals surface area contributed by atoms with Crippen LogP contribution in [-0.2, 0) is 4.74 Å². The second-order valence-electron chi connectivity index (χ2n) is 8.19. The van der Waals surface area contributed by atoms with Crippen LogP contribution in [-0.4, -0.2) is 47.5 Å². The van der Waals surface area contributed by atoms with E-state index in [1.54, 1.807) is 6.21 Å². The highest BCUT2D eigenvalue weighted by molar-refractivity contribution is 5.83. The van der Waals surface area contributed by atoms with Gasteiger partial charge in [0.15, 0.2) is 5.82 Å². The quantitative estimate of drug-likeness (QED) is 0.333. The lowest BCUT2D eigenvalue weighted by molar-refractivity contribution is 0.122. The molecule has 0 saturated carbocycles. The third kappa shape index (κ3) is 5.13. The van der Waals surface area contributed by atoms with Crippen molar-refractivity contribution in [3.63, 3.8) is 0 Å². The number of nitrogens with one attached hydrogen (secondary N) is 1. The number of hydrogen-bond acceptors (Lipinski definition) is 8. The van der Waals surface area contributed by atoms with Crippen molar-refractivity contribution >= 4 is 28.8 Å². The Balaban J connectivity index is 1.43. The molecule has 2 aromatic heterocycles. The van der Waals surface area contributed by atoms with Crippen LogP contribution in [0.4, 0.5) is 11.6 Å². The van der Waals surface area contributed by atoms with Crippen molar-refractivity contribution < 1.29 is 9.47 Å². The summed E-state index contributed by atoms with van der Waals surface area (Å²) in [5.74, 6) is 1.96. The number of aryl methyl sites for hydroxylation is 2. The lowest BCUT2D eigenvalue weighted by Crippen LogP contribution is -2.36. The second-order valence-corrected chi connectivity index (χ2v) is 8.19. The predicted molar refractivity (Wildman–Crippen MR) is 134 cm³/mol. The fourth-order valence-electron chi connectivity index (χ4n) is 3.83. The number of anilines is 2. The Labute approximate surface area is 198 Å². The van der Waals surface area contributed by atoms with E-state index in [1.165, 1.54) is 5.56 Å². The number of benzene rings is 2. The van der Waals surface area contributed by atoms with Crippen molar-refractivity contribution in [1.29, 1.82) is 0 Å². The summed E-state index contributed by atoms with van der Waals surface area (Å²) in [6.45, 7) is 6.93. The van der Waals surface area contributed by atoms with Crippen LogP contribution in [0.2, 0.25) is 0 Å². The van der Waals surface area contributed by atoms with Crippen LogP contribution in [0.1, 0.15) is 16.7 Å². The highest BCUT2D eigenvalue weighted by Crippen LogP contribution is 2.27. The molecule has 8 heteroatoms. The van der Waals surface area contributed by atoms with Gasteiger partial charge in [-0.15, -0.1) is 0 Å². The van der Waals surface area contributed by atoms with E-state index in [1.807, 2.05) is 48.7 Å². The molecule has 1 N–H and O–H groups in total. The molecule has 1 saturated heterocycles. The average molecular weight is 455 g/mol. The molecular formula is C26H26N6O2. The van der Waals surface area contributed by atoms with Crippen LogP contribution in [0.15, 0.2) is 65.9 Å². The molecule has 172 valence electrons. The van der Waals surface area contributed by atoms with Crippen LogP contribution < -0.4 is 15.1 Å². The van der Waals surface area contributed by atoms with Gasteiger partial charge in [-0.1, -0.05) is 29.8 Å². The number of nitrogens with zero attached hydrogens (tertiary/aromatic N) is 5. The maximum absolute atomic E-state index is 6.09. The summed E-state index contributed by atoms with van der Waals surface area (Å²) in [5.41, 5.74) is 7.26. The van der Waals surface area contributed by atoms with Gasteiger partial charge in [-0.3, -0.25) is 10.4 Å². The van der Waals surface area contributed by atoms with E-state index in [0.29, 0.717) is 24.8 Å². The van der Waals surface area contributed by atoms with Crippen LogP contribution in [0.25, 0.3) is 10.9 Å². The van der Waals surface area contributed by atoms with E-state index in [0.717, 1.165) is 40.9 Å². The van der Waals surface area contributed by atoms with Crippen molar-refractivity contribution in [3.05, 3.63) is 77.5 Å². The SMILES string of the molecule is Cc1cccc(C=NNc2cc(N3CCOCC3)nc(Oc3ccc4nccc(C)c4c3)n2)c1. The highest BCUT2D eigenvalue weighted by atomic mass is 16.5. The Morgan fingerprint density at radius 1 is 1.03 bits per heavy atom. The van der Waals surface area contributed by atoms with Crippen molar-refractivity contribution in [2.75, 3.05) is 36.6 Å². The first-order chi connectivity index (χ1) is 16.6. The Kier molecular flexibility index (Phi) is 6.31. The van der Waals surface area contributed by atoms with Gasteiger partial charge in [0.05, 0.1) is 24.9 Å². The van der Waals surface area contributed by atoms with Crippen molar-refractivity contribution in [1.82, 2.24) is 15.0 Å². The van der Waals surface area contributed by atoms with Crippen LogP contribution >= 0.6 is 0 Å². The molecule has 34 heavy (non-hydrogen) atoms. The van der Waals surface area contributed by atoms with Gasteiger partial charge in [0.25, 0.3) is 0 Å². The lowest BCUT2D eigenvalue weighted by atomic mass is 10.1. The number of hydrogen-bond donors (Lipinski definition) is 1. The van der Waals surface area contributed by atoms with Crippen LogP contribution in [0.5, 0.6) is 11.8 Å². The molecular weight excluding hydrogens is 428 g/mol. The molecule has 0 bridgehead atoms. The third-order valence-electron chi connectivity index (χ3n) is 5.60. The molecule has 0 amide bonds. The fraction of sp³-hybridized carbons (Fsp3) is 0.231. The maximum atomic E-state index is 6.09. The topological polar surface area (TPSA) is 84.8 Å². The largest absolute Gasteiger partial charge is 0.424 e. The number of ether oxygens (including phenoxy) is 2. The summed E-state index contributed by atoms with van der Waals surface area (Å²) in [5, 5.41) is 5.40. The molecule has 3 heterocycles. The van der Waals surface area contributed by atoms with Gasteiger partial charge in [-0.2, -0.15) is 15.1 Å². The first-order valence-corrected chi connectivity index (χ1v) is 11.2. The zero-order chi connectivity index (χ0) is 23.3. The van der Waals surface area contributed by atoms with Gasteiger partial charge < -0.3 is 14.4 Å². The van der Waals surface area contributed by atoms with Crippen LogP contribution in [0, 0.1) is 13.8 Å². The summed E-state index contributed by atoms with van der Waals surface area (Å²) in [7, 11) is 0. The van der Waals surface area contributed by atoms with E-state index in [4.69, 9.17) is 9.47 Å². The second kappa shape index (κ2) is 9.84. The summed E-state index contributed by atoms with van der Waals surface area (Å²) >= 11 is 0. The zero-order valence-electron chi connectivity index (χ0n) is 19.2. The Bertz CT molecular complexity index is 1330. The molecule has 0 atom stereocenters. The normalized spacial score (nSPS) is 14.0. The minimum absolute atomic E-state index is 0.248. The van der Waals surface area contributed by atoms with Gasteiger partial charge in [0, 0.05) is 30.7 Å². The molecule has 2 aromatic carbocycles. The monoisotopic (exact) mass is 454 g/mol. The number of rotatable bonds is 6. The van der Waals surface area contributed by atoms with Gasteiger partial charge in [-0.25, -0.2) is 0 Å². The maximum Gasteiger partial charge on any atom is 0.325 e. The molecule has 0 spiro atoms. The molecule has 8 nitrogen and oxygen atoms in total. The zero-order valence-corrected chi connectivity index (χ0v) is 19.2. The minimum atomic E-state index is 0.248. The number of fused-ring (bicyclic) bond motifs is 1. The Hall–Kier alpha value is -4.04. The molecule has 0 radical (unpaired) electrons. The van der Waals surface area contributed by atoms with Gasteiger partial charge in [-0.05, 0) is 49.2 Å². The number of hydrazone groups is 1. The van der Waals surface area contributed by atoms with Crippen molar-refractivity contribution in [2.24, 2.45) is 5.10 Å². The first-order valence-electron chi connectivity index (χ1n) is 11.2. The third-order valence-corrected chi connectivity index (χ3v) is 5.60. The summed E-state index contributed by atoms with van der Waals surface area (Å²) in [6.07, 6.45) is 3.57. The number of pyridine rings is 1. The predicted octanol–water partition coefficient (Wildman–Crippen LogP) is 4.72. The Morgan fingerprint density at radius 3 is 2.76 bits per heavy atom. The molecule has 1 aliphatic rings. The summed E-state index contributed by atoms with van der Waals surface area (Å²) in [6, 6.07) is 18.0. The van der Waals surface area contributed by atoms with Gasteiger partial charge in [0.2, 0.25) is 0 Å². The molecule has 5 rings (SSSR count). The number of aromatic nitrogens is 3.